The standard InChI is InChI=1S/C23H17N3O5/c27-19-12-10-16(11-13-19)15-6-8-18(9-7-15)22(29)30-14-20(28)24-23-26-25-21(31-23)17-4-2-1-3-5-17/h1-13,27H,14H2,(H,24,26,28). The summed E-state index contributed by atoms with van der Waals surface area (Å²) in [7, 11) is 0. The van der Waals surface area contributed by atoms with Gasteiger partial charge in [0.1, 0.15) is 5.75 Å². The van der Waals surface area contributed by atoms with Gasteiger partial charge in [0, 0.05) is 5.56 Å². The normalized spacial score (nSPS) is 10.5. The lowest BCUT2D eigenvalue weighted by Gasteiger charge is -2.06. The summed E-state index contributed by atoms with van der Waals surface area (Å²) in [6.45, 7) is -0.498. The summed E-state index contributed by atoms with van der Waals surface area (Å²) in [6.07, 6.45) is 0. The van der Waals surface area contributed by atoms with Gasteiger partial charge in [-0.25, -0.2) is 4.79 Å². The van der Waals surface area contributed by atoms with Crippen LogP contribution in [0.15, 0.2) is 83.3 Å². The van der Waals surface area contributed by atoms with Crippen LogP contribution in [0.25, 0.3) is 22.6 Å². The number of amides is 1. The Morgan fingerprint density at radius 2 is 1.48 bits per heavy atom. The molecule has 2 N–H and O–H groups in total. The topological polar surface area (TPSA) is 115 Å². The van der Waals surface area contributed by atoms with Gasteiger partial charge in [0.2, 0.25) is 5.89 Å². The molecule has 4 rings (SSSR count). The van der Waals surface area contributed by atoms with E-state index in [-0.39, 0.29) is 17.7 Å². The Balaban J connectivity index is 1.31. The minimum Gasteiger partial charge on any atom is -0.508 e. The first-order valence-electron chi connectivity index (χ1n) is 9.34. The Labute approximate surface area is 177 Å². The molecule has 8 heteroatoms. The summed E-state index contributed by atoms with van der Waals surface area (Å²) in [6, 6.07) is 22.5. The van der Waals surface area contributed by atoms with Crippen molar-refractivity contribution >= 4 is 17.9 Å². The van der Waals surface area contributed by atoms with E-state index in [9.17, 15) is 14.7 Å². The van der Waals surface area contributed by atoms with Crippen LogP contribution in [0.2, 0.25) is 0 Å². The largest absolute Gasteiger partial charge is 0.508 e. The molecule has 0 bridgehead atoms. The van der Waals surface area contributed by atoms with Gasteiger partial charge in [0.05, 0.1) is 5.56 Å². The van der Waals surface area contributed by atoms with Crippen molar-refractivity contribution in [2.75, 3.05) is 11.9 Å². The van der Waals surface area contributed by atoms with Crippen molar-refractivity contribution in [3.05, 3.63) is 84.4 Å². The third kappa shape index (κ3) is 4.94. The average Bonchev–Trinajstić information content (AvgIpc) is 3.27. The van der Waals surface area contributed by atoms with Crippen LogP contribution in [0, 0.1) is 0 Å². The quantitative estimate of drug-likeness (QED) is 0.459. The Kier molecular flexibility index (Phi) is 5.70. The fraction of sp³-hybridized carbons (Fsp3) is 0.0435. The van der Waals surface area contributed by atoms with Crippen molar-refractivity contribution in [1.82, 2.24) is 10.2 Å². The van der Waals surface area contributed by atoms with Crippen molar-refractivity contribution < 1.29 is 23.8 Å². The van der Waals surface area contributed by atoms with Gasteiger partial charge < -0.3 is 14.3 Å². The van der Waals surface area contributed by atoms with Crippen molar-refractivity contribution in [2.45, 2.75) is 0 Å². The zero-order valence-electron chi connectivity index (χ0n) is 16.2. The molecule has 0 atom stereocenters. The van der Waals surface area contributed by atoms with E-state index < -0.39 is 18.5 Å². The van der Waals surface area contributed by atoms with Gasteiger partial charge in [-0.2, -0.15) is 0 Å². The van der Waals surface area contributed by atoms with E-state index in [0.29, 0.717) is 5.56 Å². The first kappa shape index (κ1) is 19.8. The second kappa shape index (κ2) is 8.91. The van der Waals surface area contributed by atoms with Gasteiger partial charge in [0.25, 0.3) is 5.91 Å². The van der Waals surface area contributed by atoms with E-state index in [0.717, 1.165) is 16.7 Å². The van der Waals surface area contributed by atoms with Crippen LogP contribution >= 0.6 is 0 Å². The number of ether oxygens (including phenoxy) is 1. The van der Waals surface area contributed by atoms with Gasteiger partial charge in [0.15, 0.2) is 6.61 Å². The number of anilines is 1. The van der Waals surface area contributed by atoms with E-state index in [1.165, 1.54) is 0 Å². The Hall–Kier alpha value is -4.46. The molecule has 0 aliphatic carbocycles. The van der Waals surface area contributed by atoms with Gasteiger partial charge in [-0.3, -0.25) is 10.1 Å². The number of hydrogen-bond acceptors (Lipinski definition) is 7. The second-order valence-corrected chi connectivity index (χ2v) is 6.53. The van der Waals surface area contributed by atoms with Crippen molar-refractivity contribution in [1.29, 1.82) is 0 Å². The molecule has 1 aromatic heterocycles. The number of nitrogens with one attached hydrogen (secondary N) is 1. The molecule has 0 aliphatic heterocycles. The lowest BCUT2D eigenvalue weighted by atomic mass is 10.0. The van der Waals surface area contributed by atoms with Crippen LogP contribution in [0.1, 0.15) is 10.4 Å². The number of benzene rings is 3. The minimum atomic E-state index is -0.636. The highest BCUT2D eigenvalue weighted by atomic mass is 16.5. The van der Waals surface area contributed by atoms with Crippen molar-refractivity contribution in [3.8, 4) is 28.3 Å². The highest BCUT2D eigenvalue weighted by Gasteiger charge is 2.14. The summed E-state index contributed by atoms with van der Waals surface area (Å²) in [5.41, 5.74) is 2.79. The summed E-state index contributed by atoms with van der Waals surface area (Å²) >= 11 is 0. The van der Waals surface area contributed by atoms with E-state index in [4.69, 9.17) is 9.15 Å². The Morgan fingerprint density at radius 1 is 0.839 bits per heavy atom. The highest BCUT2D eigenvalue weighted by molar-refractivity contribution is 5.94. The molecule has 0 saturated heterocycles. The molecule has 31 heavy (non-hydrogen) atoms. The summed E-state index contributed by atoms with van der Waals surface area (Å²) in [5, 5.41) is 19.4. The van der Waals surface area contributed by atoms with E-state index >= 15 is 0 Å². The van der Waals surface area contributed by atoms with Gasteiger partial charge in [-0.15, -0.1) is 5.10 Å². The molecular formula is C23H17N3O5. The first-order chi connectivity index (χ1) is 15.1. The zero-order chi connectivity index (χ0) is 21.6. The molecule has 0 spiro atoms. The minimum absolute atomic E-state index is 0.0850. The number of esters is 1. The maximum atomic E-state index is 12.2. The molecule has 3 aromatic carbocycles. The molecule has 0 radical (unpaired) electrons. The van der Waals surface area contributed by atoms with Crippen LogP contribution in [0.3, 0.4) is 0 Å². The van der Waals surface area contributed by atoms with Gasteiger partial charge in [-0.1, -0.05) is 47.6 Å². The summed E-state index contributed by atoms with van der Waals surface area (Å²) in [4.78, 5) is 24.2. The highest BCUT2D eigenvalue weighted by Crippen LogP contribution is 2.22. The first-order valence-corrected chi connectivity index (χ1v) is 9.34. The van der Waals surface area contributed by atoms with Crippen LogP contribution < -0.4 is 5.32 Å². The third-order valence-corrected chi connectivity index (χ3v) is 4.35. The fourth-order valence-electron chi connectivity index (χ4n) is 2.79. The Morgan fingerprint density at radius 3 is 2.16 bits per heavy atom. The number of carbonyl (C=O) groups is 2. The average molecular weight is 415 g/mol. The number of nitrogens with zero attached hydrogens (tertiary/aromatic N) is 2. The summed E-state index contributed by atoms with van der Waals surface area (Å²) in [5.74, 6) is -0.791. The monoisotopic (exact) mass is 415 g/mol. The molecule has 154 valence electrons. The molecule has 1 heterocycles. The predicted octanol–water partition coefficient (Wildman–Crippen LogP) is 3.90. The van der Waals surface area contributed by atoms with E-state index in [1.807, 2.05) is 18.2 Å². The predicted molar refractivity (Wildman–Crippen MR) is 112 cm³/mol. The molecule has 8 nitrogen and oxygen atoms in total. The van der Waals surface area contributed by atoms with Crippen molar-refractivity contribution in [2.24, 2.45) is 0 Å². The number of carbonyl (C=O) groups excluding carboxylic acids is 2. The maximum absolute atomic E-state index is 12.2. The Bertz CT molecular complexity index is 1190. The molecule has 4 aromatic rings. The molecule has 0 unspecified atom stereocenters. The lowest BCUT2D eigenvalue weighted by molar-refractivity contribution is -0.119. The number of hydrogen-bond donors (Lipinski definition) is 2. The third-order valence-electron chi connectivity index (χ3n) is 4.35. The van der Waals surface area contributed by atoms with Crippen LogP contribution in [0.4, 0.5) is 6.01 Å². The van der Waals surface area contributed by atoms with E-state index in [2.05, 4.69) is 15.5 Å². The van der Waals surface area contributed by atoms with E-state index in [1.54, 1.807) is 60.7 Å². The smallest absolute Gasteiger partial charge is 0.338 e. The summed E-state index contributed by atoms with van der Waals surface area (Å²) < 4.78 is 10.4. The number of aromatic hydroxyl groups is 1. The molecule has 0 aliphatic rings. The van der Waals surface area contributed by atoms with Crippen molar-refractivity contribution in [3.63, 3.8) is 0 Å². The second-order valence-electron chi connectivity index (χ2n) is 6.53. The zero-order valence-corrected chi connectivity index (χ0v) is 16.2. The molecule has 1 amide bonds. The fourth-order valence-corrected chi connectivity index (χ4v) is 2.79. The van der Waals surface area contributed by atoms with Gasteiger partial charge >= 0.3 is 12.0 Å². The number of phenolic OH excluding ortho intramolecular Hbond substituents is 1. The van der Waals surface area contributed by atoms with Gasteiger partial charge in [-0.05, 0) is 47.5 Å². The number of rotatable bonds is 6. The lowest BCUT2D eigenvalue weighted by Crippen LogP contribution is -2.21. The van der Waals surface area contributed by atoms with Crippen LogP contribution in [0.5, 0.6) is 5.75 Å². The number of phenols is 1. The SMILES string of the molecule is O=C(COC(=O)c1ccc(-c2ccc(O)cc2)cc1)Nc1nnc(-c2ccccc2)o1. The molecule has 0 saturated carbocycles. The van der Waals surface area contributed by atoms with Crippen LogP contribution in [-0.2, 0) is 9.53 Å². The number of aromatic nitrogens is 2. The maximum Gasteiger partial charge on any atom is 0.338 e. The molecular weight excluding hydrogens is 398 g/mol. The molecule has 0 fully saturated rings. The van der Waals surface area contributed by atoms with Crippen LogP contribution in [-0.4, -0.2) is 33.8 Å².